The summed E-state index contributed by atoms with van der Waals surface area (Å²) in [5, 5.41) is 3.96. The number of carbonyl (C=O) groups excluding carboxylic acids is 1. The number of aryl methyl sites for hydroxylation is 1. The number of nitrogens with one attached hydrogen (secondary N) is 1. The van der Waals surface area contributed by atoms with Crippen LogP contribution in [0.1, 0.15) is 28.7 Å². The van der Waals surface area contributed by atoms with Crippen molar-refractivity contribution in [2.45, 2.75) is 19.8 Å². The van der Waals surface area contributed by atoms with Crippen LogP contribution in [0.2, 0.25) is 5.02 Å². The summed E-state index contributed by atoms with van der Waals surface area (Å²) >= 11 is 7.44. The maximum absolute atomic E-state index is 12.8. The van der Waals surface area contributed by atoms with E-state index in [1.165, 1.54) is 25.6 Å². The number of thiophene rings is 1. The molecule has 0 aliphatic rings. The van der Waals surface area contributed by atoms with Crippen molar-refractivity contribution in [1.82, 2.24) is 4.98 Å². The number of carbonyl (C=O) groups is 1. The molecule has 0 bridgehead atoms. The van der Waals surface area contributed by atoms with E-state index in [2.05, 4.69) is 17.2 Å². The number of fused-ring (bicyclic) bond motifs is 1. The van der Waals surface area contributed by atoms with Crippen LogP contribution >= 0.6 is 22.9 Å². The molecule has 0 aliphatic carbocycles. The Hall–Kier alpha value is -2.51. The van der Waals surface area contributed by atoms with Crippen molar-refractivity contribution in [3.63, 3.8) is 0 Å². The fourth-order valence-electron chi connectivity index (χ4n) is 2.74. The average Bonchev–Trinajstić information content (AvgIpc) is 2.98. The van der Waals surface area contributed by atoms with E-state index in [0.29, 0.717) is 32.8 Å². The third-order valence-electron chi connectivity index (χ3n) is 4.09. The largest absolute Gasteiger partial charge is 0.495 e. The Bertz CT molecular complexity index is 1000. The van der Waals surface area contributed by atoms with Gasteiger partial charge in [-0.2, -0.15) is 0 Å². The number of benzene rings is 1. The van der Waals surface area contributed by atoms with Crippen LogP contribution in [0.3, 0.4) is 0 Å². The maximum atomic E-state index is 12.8. The van der Waals surface area contributed by atoms with Gasteiger partial charge in [-0.15, -0.1) is 11.3 Å². The lowest BCUT2D eigenvalue weighted by atomic mass is 10.2. The molecule has 0 fully saturated rings. The Kier molecular flexibility index (Phi) is 5.72. The van der Waals surface area contributed by atoms with Crippen LogP contribution in [0.25, 0.3) is 10.2 Å². The van der Waals surface area contributed by atoms with Crippen LogP contribution in [0, 0.1) is 0 Å². The monoisotopic (exact) mass is 405 g/mol. The summed E-state index contributed by atoms with van der Waals surface area (Å²) in [6.07, 6.45) is 1.89. The van der Waals surface area contributed by atoms with Gasteiger partial charge in [0.1, 0.15) is 21.2 Å². The quantitative estimate of drug-likeness (QED) is 0.617. The number of hydrogen-bond acceptors (Lipinski definition) is 6. The van der Waals surface area contributed by atoms with Crippen LogP contribution in [0.15, 0.2) is 24.3 Å². The van der Waals surface area contributed by atoms with Crippen molar-refractivity contribution in [1.29, 1.82) is 0 Å². The third kappa shape index (κ3) is 3.79. The number of aromatic nitrogens is 1. The van der Waals surface area contributed by atoms with E-state index in [-0.39, 0.29) is 5.91 Å². The molecule has 8 heteroatoms. The topological polar surface area (TPSA) is 86.5 Å². The molecule has 3 N–H and O–H groups in total. The zero-order valence-electron chi connectivity index (χ0n) is 15.3. The molecule has 0 atom stereocenters. The van der Waals surface area contributed by atoms with Gasteiger partial charge >= 0.3 is 0 Å². The van der Waals surface area contributed by atoms with E-state index in [4.69, 9.17) is 26.8 Å². The van der Waals surface area contributed by atoms with Crippen molar-refractivity contribution in [3.05, 3.63) is 39.9 Å². The number of nitrogen functional groups attached to an aromatic ring is 1. The molecular weight excluding hydrogens is 386 g/mol. The highest BCUT2D eigenvalue weighted by Gasteiger charge is 2.20. The van der Waals surface area contributed by atoms with Gasteiger partial charge in [0.05, 0.1) is 30.6 Å². The fraction of sp³-hybridized carbons (Fsp3) is 0.263. The molecule has 0 saturated carbocycles. The molecule has 0 radical (unpaired) electrons. The van der Waals surface area contributed by atoms with Gasteiger partial charge in [0.2, 0.25) is 0 Å². The van der Waals surface area contributed by atoms with Gasteiger partial charge in [-0.1, -0.05) is 24.9 Å². The predicted octanol–water partition coefficient (Wildman–Crippen LogP) is 4.75. The van der Waals surface area contributed by atoms with E-state index in [9.17, 15) is 4.79 Å². The average molecular weight is 406 g/mol. The highest BCUT2D eigenvalue weighted by Crippen LogP contribution is 2.38. The van der Waals surface area contributed by atoms with Crippen molar-refractivity contribution >= 4 is 50.4 Å². The molecule has 142 valence electrons. The molecule has 0 spiro atoms. The highest BCUT2D eigenvalue weighted by atomic mass is 35.5. The first-order valence-corrected chi connectivity index (χ1v) is 9.58. The second-order valence-electron chi connectivity index (χ2n) is 5.89. The minimum atomic E-state index is -0.341. The Balaban J connectivity index is 1.94. The molecule has 0 aliphatic heterocycles. The maximum Gasteiger partial charge on any atom is 0.268 e. The van der Waals surface area contributed by atoms with Crippen LogP contribution < -0.4 is 20.5 Å². The molecule has 1 aromatic carbocycles. The van der Waals surface area contributed by atoms with Crippen LogP contribution in [0.5, 0.6) is 11.5 Å². The molecule has 0 saturated heterocycles. The second-order valence-corrected chi connectivity index (χ2v) is 7.30. The van der Waals surface area contributed by atoms with Crippen LogP contribution in [-0.4, -0.2) is 25.1 Å². The number of rotatable bonds is 6. The summed E-state index contributed by atoms with van der Waals surface area (Å²) in [5.41, 5.74) is 8.04. The molecule has 0 unspecified atom stereocenters. The third-order valence-corrected chi connectivity index (χ3v) is 5.50. The molecule has 27 heavy (non-hydrogen) atoms. The van der Waals surface area contributed by atoms with Crippen molar-refractivity contribution in [2.24, 2.45) is 0 Å². The second kappa shape index (κ2) is 8.02. The molecule has 3 rings (SSSR count). The predicted molar refractivity (Wildman–Crippen MR) is 111 cm³/mol. The Morgan fingerprint density at radius 1 is 1.26 bits per heavy atom. The molecule has 1 amide bonds. The smallest absolute Gasteiger partial charge is 0.268 e. The standard InChI is InChI=1S/C19H20ClN3O3S/c1-4-5-10-6-7-11-16(21)17(27-19(11)22-10)18(24)23-13-8-12(20)14(25-2)9-15(13)26-3/h6-9H,4-5,21H2,1-3H3,(H,23,24). The number of nitrogens with zero attached hydrogens (tertiary/aromatic N) is 1. The van der Waals surface area contributed by atoms with Gasteiger partial charge in [-0.25, -0.2) is 4.98 Å². The zero-order chi connectivity index (χ0) is 19.6. The summed E-state index contributed by atoms with van der Waals surface area (Å²) in [4.78, 5) is 18.6. The molecule has 3 aromatic rings. The first-order chi connectivity index (χ1) is 13.0. The number of amides is 1. The number of halogens is 1. The van der Waals surface area contributed by atoms with E-state index in [1.54, 1.807) is 12.1 Å². The van der Waals surface area contributed by atoms with Crippen LogP contribution in [-0.2, 0) is 6.42 Å². The molecule has 2 aromatic heterocycles. The van der Waals surface area contributed by atoms with Gasteiger partial charge in [-0.05, 0) is 24.6 Å². The minimum absolute atomic E-state index is 0.341. The van der Waals surface area contributed by atoms with Crippen molar-refractivity contribution in [2.75, 3.05) is 25.3 Å². The molecular formula is C19H20ClN3O3S. The normalized spacial score (nSPS) is 10.8. The Morgan fingerprint density at radius 2 is 2.00 bits per heavy atom. The van der Waals surface area contributed by atoms with Gasteiger partial charge in [0.25, 0.3) is 5.91 Å². The fourth-order valence-corrected chi connectivity index (χ4v) is 3.98. The summed E-state index contributed by atoms with van der Waals surface area (Å²) in [7, 11) is 3.02. The number of hydrogen-bond donors (Lipinski definition) is 2. The van der Waals surface area contributed by atoms with Gasteiger partial charge in [0, 0.05) is 17.1 Å². The number of ether oxygens (including phenoxy) is 2. The first kappa shape index (κ1) is 19.3. The van der Waals surface area contributed by atoms with Gasteiger partial charge in [0.15, 0.2) is 0 Å². The van der Waals surface area contributed by atoms with Gasteiger partial charge < -0.3 is 20.5 Å². The van der Waals surface area contributed by atoms with E-state index in [0.717, 1.165) is 28.8 Å². The zero-order valence-corrected chi connectivity index (χ0v) is 16.8. The van der Waals surface area contributed by atoms with Gasteiger partial charge in [-0.3, -0.25) is 4.79 Å². The van der Waals surface area contributed by atoms with E-state index < -0.39 is 0 Å². The molecule has 6 nitrogen and oxygen atoms in total. The number of methoxy groups -OCH3 is 2. The summed E-state index contributed by atoms with van der Waals surface area (Å²) in [5.74, 6) is 0.556. The number of nitrogens with two attached hydrogens (primary N) is 1. The lowest BCUT2D eigenvalue weighted by Gasteiger charge is -2.12. The van der Waals surface area contributed by atoms with Crippen LogP contribution in [0.4, 0.5) is 11.4 Å². The summed E-state index contributed by atoms with van der Waals surface area (Å²) in [6, 6.07) is 7.06. The Labute approximate surface area is 166 Å². The lowest BCUT2D eigenvalue weighted by molar-refractivity contribution is 0.103. The minimum Gasteiger partial charge on any atom is -0.495 e. The SMILES string of the molecule is CCCc1ccc2c(N)c(C(=O)Nc3cc(Cl)c(OC)cc3OC)sc2n1. The number of anilines is 2. The highest BCUT2D eigenvalue weighted by molar-refractivity contribution is 7.21. The lowest BCUT2D eigenvalue weighted by Crippen LogP contribution is -2.13. The molecule has 2 heterocycles. The Morgan fingerprint density at radius 3 is 2.67 bits per heavy atom. The summed E-state index contributed by atoms with van der Waals surface area (Å²) in [6.45, 7) is 2.10. The van der Waals surface area contributed by atoms with E-state index >= 15 is 0 Å². The summed E-state index contributed by atoms with van der Waals surface area (Å²) < 4.78 is 10.5. The number of pyridine rings is 1. The van der Waals surface area contributed by atoms with Crippen molar-refractivity contribution < 1.29 is 14.3 Å². The van der Waals surface area contributed by atoms with E-state index in [1.807, 2.05) is 12.1 Å². The first-order valence-electron chi connectivity index (χ1n) is 8.39. The van der Waals surface area contributed by atoms with Crippen molar-refractivity contribution in [3.8, 4) is 11.5 Å².